The quantitative estimate of drug-likeness (QED) is 0.360. The minimum absolute atomic E-state index is 0.116. The molecule has 5 aromatic rings. The second-order valence-corrected chi connectivity index (χ2v) is 8.58. The number of H-pyrrole nitrogens is 1. The molecule has 6 rings (SSSR count). The molecule has 32 heavy (non-hydrogen) atoms. The van der Waals surface area contributed by atoms with Gasteiger partial charge in [-0.25, -0.2) is 9.67 Å². The summed E-state index contributed by atoms with van der Waals surface area (Å²) in [6, 6.07) is 20.9. The number of aromatic nitrogens is 5. The fraction of sp³-hybridized carbons (Fsp3) is 0.160. The van der Waals surface area contributed by atoms with Crippen LogP contribution < -0.4 is 5.32 Å². The molecule has 0 fully saturated rings. The lowest BCUT2D eigenvalue weighted by Crippen LogP contribution is -2.12. The number of aromatic amines is 1. The van der Waals surface area contributed by atoms with Crippen molar-refractivity contribution in [2.24, 2.45) is 0 Å². The molecule has 3 heterocycles. The number of anilines is 1. The Kier molecular flexibility index (Phi) is 4.47. The number of nitrogens with one attached hydrogen (secondary N) is 2. The van der Waals surface area contributed by atoms with Crippen LogP contribution in [0.1, 0.15) is 23.7 Å². The van der Waals surface area contributed by atoms with Crippen molar-refractivity contribution in [3.8, 4) is 22.4 Å². The third-order valence-corrected chi connectivity index (χ3v) is 6.41. The first-order valence-corrected chi connectivity index (χ1v) is 11.0. The largest absolute Gasteiger partial charge is 0.378 e. The summed E-state index contributed by atoms with van der Waals surface area (Å²) in [5.41, 5.74) is 9.73. The van der Waals surface area contributed by atoms with Gasteiger partial charge in [0.2, 0.25) is 0 Å². The molecule has 1 aliphatic heterocycles. The highest BCUT2D eigenvalue weighted by Crippen LogP contribution is 2.39. The lowest BCUT2D eigenvalue weighted by Gasteiger charge is -2.21. The highest BCUT2D eigenvalue weighted by atomic mass is 35.5. The van der Waals surface area contributed by atoms with E-state index >= 15 is 0 Å². The van der Waals surface area contributed by atoms with Gasteiger partial charge in [-0.3, -0.25) is 0 Å². The summed E-state index contributed by atoms with van der Waals surface area (Å²) < 4.78 is 2.02. The number of para-hydroxylation sites is 1. The van der Waals surface area contributed by atoms with Crippen LogP contribution in [0.2, 0.25) is 5.02 Å². The molecule has 0 radical (unpaired) electrons. The summed E-state index contributed by atoms with van der Waals surface area (Å²) in [7, 11) is 0. The summed E-state index contributed by atoms with van der Waals surface area (Å²) in [6.45, 7) is 2.81. The van der Waals surface area contributed by atoms with Crippen molar-refractivity contribution in [2.75, 3.05) is 5.32 Å². The van der Waals surface area contributed by atoms with Crippen LogP contribution in [0.25, 0.3) is 33.4 Å². The molecule has 0 bridgehead atoms. The highest BCUT2D eigenvalue weighted by molar-refractivity contribution is 6.30. The minimum atomic E-state index is 0.116. The molecule has 6 nitrogen and oxygen atoms in total. The summed E-state index contributed by atoms with van der Waals surface area (Å²) in [6.07, 6.45) is 2.64. The van der Waals surface area contributed by atoms with Gasteiger partial charge in [-0.1, -0.05) is 41.1 Å². The Hall–Kier alpha value is -3.64. The molecule has 1 aliphatic rings. The molecule has 3 aromatic carbocycles. The van der Waals surface area contributed by atoms with Gasteiger partial charge in [-0.15, -0.1) is 5.10 Å². The fourth-order valence-electron chi connectivity index (χ4n) is 4.63. The third kappa shape index (κ3) is 3.15. The molecule has 0 saturated heterocycles. The maximum absolute atomic E-state index is 6.10. The van der Waals surface area contributed by atoms with Gasteiger partial charge in [0.15, 0.2) is 0 Å². The molecule has 1 atom stereocenters. The Morgan fingerprint density at radius 2 is 1.94 bits per heavy atom. The van der Waals surface area contributed by atoms with E-state index in [-0.39, 0.29) is 6.04 Å². The third-order valence-electron chi connectivity index (χ3n) is 6.16. The molecule has 2 aromatic heterocycles. The van der Waals surface area contributed by atoms with Crippen molar-refractivity contribution in [3.63, 3.8) is 0 Å². The van der Waals surface area contributed by atoms with E-state index in [4.69, 9.17) is 11.6 Å². The van der Waals surface area contributed by atoms with Gasteiger partial charge < -0.3 is 10.3 Å². The van der Waals surface area contributed by atoms with Crippen LogP contribution in [0.15, 0.2) is 67.0 Å². The second-order valence-electron chi connectivity index (χ2n) is 8.15. The molecule has 0 spiro atoms. The molecular weight excluding hydrogens is 420 g/mol. The summed E-state index contributed by atoms with van der Waals surface area (Å²) in [5, 5.41) is 13.2. The average molecular weight is 441 g/mol. The van der Waals surface area contributed by atoms with Gasteiger partial charge in [0, 0.05) is 28.4 Å². The van der Waals surface area contributed by atoms with Crippen molar-refractivity contribution >= 4 is 28.3 Å². The molecule has 2 N–H and O–H groups in total. The predicted octanol–water partition coefficient (Wildman–Crippen LogP) is 6.01. The maximum atomic E-state index is 6.10. The smallest absolute Gasteiger partial charge is 0.0960 e. The molecule has 0 aliphatic carbocycles. The number of hydrogen-bond donors (Lipinski definition) is 2. The van der Waals surface area contributed by atoms with Gasteiger partial charge in [0.05, 0.1) is 34.8 Å². The second kappa shape index (κ2) is 7.50. The number of nitrogens with zero attached hydrogens (tertiary/aromatic N) is 4. The van der Waals surface area contributed by atoms with E-state index in [2.05, 4.69) is 55.9 Å². The molecule has 0 saturated carbocycles. The number of halogens is 1. The fourth-order valence-corrected chi connectivity index (χ4v) is 4.75. The van der Waals surface area contributed by atoms with Gasteiger partial charge >= 0.3 is 0 Å². The van der Waals surface area contributed by atoms with Crippen LogP contribution in [-0.4, -0.2) is 25.0 Å². The first-order valence-electron chi connectivity index (χ1n) is 10.7. The number of hydrogen-bond acceptors (Lipinski definition) is 4. The highest BCUT2D eigenvalue weighted by Gasteiger charge is 2.26. The molecule has 7 heteroatoms. The van der Waals surface area contributed by atoms with Crippen LogP contribution in [0.5, 0.6) is 0 Å². The van der Waals surface area contributed by atoms with Gasteiger partial charge in [0.25, 0.3) is 0 Å². The van der Waals surface area contributed by atoms with Crippen molar-refractivity contribution in [1.82, 2.24) is 25.0 Å². The lowest BCUT2D eigenvalue weighted by atomic mass is 9.92. The SMILES string of the molecule is Cc1nnn2c1-c1ccc(-c3cccc4[nH]cnc34)cc1C(Nc1ccc(Cl)cc1)CC2. The van der Waals surface area contributed by atoms with Crippen LogP contribution in [0.4, 0.5) is 5.69 Å². The number of aryl methyl sites for hydroxylation is 2. The lowest BCUT2D eigenvalue weighted by molar-refractivity contribution is 0.539. The zero-order chi connectivity index (χ0) is 21.7. The van der Waals surface area contributed by atoms with Crippen molar-refractivity contribution in [1.29, 1.82) is 0 Å². The zero-order valence-corrected chi connectivity index (χ0v) is 18.3. The standard InChI is InChI=1S/C25H21ClN6/c1-15-25-20-10-5-16(19-3-2-4-23-24(19)28-14-27-23)13-21(20)22(11-12-32(25)31-30-15)29-18-8-6-17(26)7-9-18/h2-10,13-14,22,29H,11-12H2,1H3,(H,27,28). The van der Waals surface area contributed by atoms with Gasteiger partial charge in [-0.05, 0) is 60.9 Å². The Bertz CT molecular complexity index is 1430. The predicted molar refractivity (Wildman–Crippen MR) is 128 cm³/mol. The Labute approximate surface area is 190 Å². The number of rotatable bonds is 3. The molecule has 1 unspecified atom stereocenters. The van der Waals surface area contributed by atoms with E-state index < -0.39 is 0 Å². The first-order chi connectivity index (χ1) is 15.7. The topological polar surface area (TPSA) is 71.4 Å². The van der Waals surface area contributed by atoms with E-state index in [1.807, 2.05) is 41.9 Å². The van der Waals surface area contributed by atoms with E-state index in [1.165, 1.54) is 5.56 Å². The zero-order valence-electron chi connectivity index (χ0n) is 17.5. The molecule has 158 valence electrons. The molecule has 0 amide bonds. The summed E-state index contributed by atoms with van der Waals surface area (Å²) >= 11 is 6.10. The van der Waals surface area contributed by atoms with E-state index in [1.54, 1.807) is 6.33 Å². The van der Waals surface area contributed by atoms with E-state index in [0.29, 0.717) is 0 Å². The van der Waals surface area contributed by atoms with E-state index in [9.17, 15) is 0 Å². The normalized spacial score (nSPS) is 15.2. The Morgan fingerprint density at radius 1 is 1.06 bits per heavy atom. The average Bonchev–Trinajstić information content (AvgIpc) is 3.40. The van der Waals surface area contributed by atoms with Crippen LogP contribution in [0, 0.1) is 6.92 Å². The van der Waals surface area contributed by atoms with Crippen LogP contribution in [-0.2, 0) is 6.54 Å². The summed E-state index contributed by atoms with van der Waals surface area (Å²) in [5.74, 6) is 0. The maximum Gasteiger partial charge on any atom is 0.0960 e. The van der Waals surface area contributed by atoms with E-state index in [0.717, 1.165) is 62.8 Å². The first kappa shape index (κ1) is 19.1. The van der Waals surface area contributed by atoms with Crippen LogP contribution >= 0.6 is 11.6 Å². The van der Waals surface area contributed by atoms with Crippen molar-refractivity contribution in [3.05, 3.63) is 83.3 Å². The Balaban J connectivity index is 1.51. The summed E-state index contributed by atoms with van der Waals surface area (Å²) in [4.78, 5) is 7.77. The van der Waals surface area contributed by atoms with Crippen molar-refractivity contribution < 1.29 is 0 Å². The number of benzene rings is 3. The van der Waals surface area contributed by atoms with Gasteiger partial charge in [0.1, 0.15) is 0 Å². The van der Waals surface area contributed by atoms with Gasteiger partial charge in [-0.2, -0.15) is 0 Å². The molecular formula is C25H21ClN6. The minimum Gasteiger partial charge on any atom is -0.378 e. The monoisotopic (exact) mass is 440 g/mol. The van der Waals surface area contributed by atoms with Crippen molar-refractivity contribution in [2.45, 2.75) is 25.9 Å². The number of fused-ring (bicyclic) bond motifs is 4. The Morgan fingerprint density at radius 3 is 2.81 bits per heavy atom. The van der Waals surface area contributed by atoms with Crippen LogP contribution in [0.3, 0.4) is 0 Å². The number of imidazole rings is 1.